The van der Waals surface area contributed by atoms with Crippen LogP contribution in [-0.4, -0.2) is 96.7 Å². The molecule has 19 heteroatoms. The van der Waals surface area contributed by atoms with Gasteiger partial charge in [-0.3, -0.25) is 37.3 Å². The number of aliphatic hydroxyl groups excluding tert-OH is 1. The Morgan fingerprint density at radius 3 is 0.747 bits per heavy atom. The van der Waals surface area contributed by atoms with Crippen LogP contribution in [0.2, 0.25) is 0 Å². The Kier molecular flexibility index (Phi) is 64.0. The summed E-state index contributed by atoms with van der Waals surface area (Å²) < 4.78 is 68.5. The van der Waals surface area contributed by atoms with E-state index in [-0.39, 0.29) is 25.7 Å². The van der Waals surface area contributed by atoms with Crippen LogP contribution >= 0.6 is 15.6 Å². The van der Waals surface area contributed by atoms with Crippen LogP contribution in [0.1, 0.15) is 383 Å². The average Bonchev–Trinajstić information content (AvgIpc) is 3.03. The largest absolute Gasteiger partial charge is 0.472 e. The van der Waals surface area contributed by atoms with E-state index in [2.05, 4.69) is 55.4 Å². The van der Waals surface area contributed by atoms with Crippen LogP contribution in [0.3, 0.4) is 0 Å². The van der Waals surface area contributed by atoms with E-state index in [0.717, 1.165) is 126 Å². The smallest absolute Gasteiger partial charge is 0.462 e. The van der Waals surface area contributed by atoms with E-state index < -0.39 is 97.5 Å². The standard InChI is InChI=1S/C76H148O17P2/c1-9-67(6)53-45-37-29-25-20-18-16-14-12-13-15-17-19-21-26-30-42-50-58-75(80)92-71(62-86-73(78)56-48-40-34-32-38-46-54-68(7)10-2)64-90-94(82,83)88-60-70(77)61-89-95(84,85)91-65-72(63-87-74(79)57-49-41-35-33-39-47-55-69(8)11-3)93-76(81)59-51-43-31-27-23-22-24-28-36-44-52-66(4)5/h66-72,77H,9-65H2,1-8H3,(H,82,83)(H,84,85)/t67?,68?,69?,70-,71-,72-/m1/s1. The number of carbonyl (C=O) groups excluding carboxylic acids is 4. The number of hydrogen-bond donors (Lipinski definition) is 3. The maximum atomic E-state index is 13.1. The van der Waals surface area contributed by atoms with Crippen molar-refractivity contribution in [3.05, 3.63) is 0 Å². The summed E-state index contributed by atoms with van der Waals surface area (Å²) in [5.74, 6) is 0.960. The van der Waals surface area contributed by atoms with E-state index in [0.29, 0.717) is 25.7 Å². The zero-order chi connectivity index (χ0) is 70.3. The zero-order valence-electron chi connectivity index (χ0n) is 62.3. The molecule has 8 atom stereocenters. The lowest BCUT2D eigenvalue weighted by Crippen LogP contribution is -2.30. The third-order valence-corrected chi connectivity index (χ3v) is 20.6. The van der Waals surface area contributed by atoms with E-state index in [9.17, 15) is 43.2 Å². The Labute approximate surface area is 581 Å². The summed E-state index contributed by atoms with van der Waals surface area (Å²) in [4.78, 5) is 72.7. The van der Waals surface area contributed by atoms with Gasteiger partial charge in [-0.05, 0) is 49.4 Å². The van der Waals surface area contributed by atoms with Crippen molar-refractivity contribution in [2.45, 2.75) is 401 Å². The van der Waals surface area contributed by atoms with Crippen molar-refractivity contribution in [1.82, 2.24) is 0 Å². The highest BCUT2D eigenvalue weighted by molar-refractivity contribution is 7.47. The minimum Gasteiger partial charge on any atom is -0.462 e. The van der Waals surface area contributed by atoms with Crippen LogP contribution in [0.15, 0.2) is 0 Å². The summed E-state index contributed by atoms with van der Waals surface area (Å²) in [6.45, 7) is 14.2. The second-order valence-electron chi connectivity index (χ2n) is 28.6. The maximum Gasteiger partial charge on any atom is 0.472 e. The molecule has 0 aliphatic heterocycles. The minimum absolute atomic E-state index is 0.105. The van der Waals surface area contributed by atoms with Gasteiger partial charge in [0.15, 0.2) is 12.2 Å². The van der Waals surface area contributed by atoms with Crippen molar-refractivity contribution >= 4 is 39.5 Å². The molecule has 0 radical (unpaired) electrons. The van der Waals surface area contributed by atoms with Gasteiger partial charge in [0.05, 0.1) is 26.4 Å². The second-order valence-corrected chi connectivity index (χ2v) is 31.5. The number of hydrogen-bond acceptors (Lipinski definition) is 15. The predicted molar refractivity (Wildman–Crippen MR) is 386 cm³/mol. The Balaban J connectivity index is 5.17. The summed E-state index contributed by atoms with van der Waals surface area (Å²) in [5, 5.41) is 10.6. The van der Waals surface area contributed by atoms with Gasteiger partial charge >= 0.3 is 39.5 Å². The number of unbranched alkanes of at least 4 members (excludes halogenated alkanes) is 36. The quantitative estimate of drug-likeness (QED) is 0.0222. The first kappa shape index (κ1) is 93.1. The molecule has 5 unspecified atom stereocenters. The number of carbonyl (C=O) groups is 4. The molecule has 0 aliphatic carbocycles. The number of aliphatic hydroxyl groups is 1. The second kappa shape index (κ2) is 65.4. The van der Waals surface area contributed by atoms with Crippen molar-refractivity contribution in [2.24, 2.45) is 23.7 Å². The van der Waals surface area contributed by atoms with Gasteiger partial charge in [-0.1, -0.05) is 331 Å². The third-order valence-electron chi connectivity index (χ3n) is 18.7. The summed E-state index contributed by atoms with van der Waals surface area (Å²) in [6, 6.07) is 0. The van der Waals surface area contributed by atoms with Gasteiger partial charge < -0.3 is 33.8 Å². The summed E-state index contributed by atoms with van der Waals surface area (Å²) >= 11 is 0. The molecule has 0 heterocycles. The zero-order valence-corrected chi connectivity index (χ0v) is 64.1. The van der Waals surface area contributed by atoms with Crippen LogP contribution in [0.5, 0.6) is 0 Å². The molecule has 0 saturated carbocycles. The molecule has 95 heavy (non-hydrogen) atoms. The molecule has 0 fully saturated rings. The number of rotatable bonds is 73. The summed E-state index contributed by atoms with van der Waals surface area (Å²) in [5.41, 5.74) is 0. The molecule has 0 aromatic heterocycles. The lowest BCUT2D eigenvalue weighted by molar-refractivity contribution is -0.161. The highest BCUT2D eigenvalue weighted by atomic mass is 31.2. The molecule has 0 saturated heterocycles. The first-order chi connectivity index (χ1) is 45.7. The van der Waals surface area contributed by atoms with Gasteiger partial charge in [-0.15, -0.1) is 0 Å². The molecule has 564 valence electrons. The summed E-state index contributed by atoms with van der Waals surface area (Å²) in [7, 11) is -9.91. The predicted octanol–water partition coefficient (Wildman–Crippen LogP) is 22.0. The maximum absolute atomic E-state index is 13.1. The molecule has 17 nitrogen and oxygen atoms in total. The van der Waals surface area contributed by atoms with Gasteiger partial charge in [0.2, 0.25) is 0 Å². The van der Waals surface area contributed by atoms with E-state index in [1.54, 1.807) is 0 Å². The monoisotopic (exact) mass is 1400 g/mol. The molecule has 0 aromatic rings. The minimum atomic E-state index is -4.96. The van der Waals surface area contributed by atoms with Gasteiger partial charge in [-0.25, -0.2) is 9.13 Å². The molecule has 0 aromatic carbocycles. The van der Waals surface area contributed by atoms with E-state index in [4.69, 9.17) is 37.0 Å². The Bertz CT molecular complexity index is 1870. The molecule has 0 amide bonds. The number of esters is 4. The molecule has 3 N–H and O–H groups in total. The van der Waals surface area contributed by atoms with Crippen molar-refractivity contribution in [3.8, 4) is 0 Å². The topological polar surface area (TPSA) is 237 Å². The lowest BCUT2D eigenvalue weighted by atomic mass is 9.99. The van der Waals surface area contributed by atoms with E-state index in [1.807, 2.05) is 0 Å². The average molecular weight is 1400 g/mol. The Morgan fingerprint density at radius 2 is 0.505 bits per heavy atom. The number of phosphoric ester groups is 2. The van der Waals surface area contributed by atoms with Crippen molar-refractivity contribution in [2.75, 3.05) is 39.6 Å². The van der Waals surface area contributed by atoms with E-state index >= 15 is 0 Å². The van der Waals surface area contributed by atoms with Gasteiger partial charge in [0.1, 0.15) is 19.3 Å². The van der Waals surface area contributed by atoms with Crippen molar-refractivity contribution in [1.29, 1.82) is 0 Å². The summed E-state index contributed by atoms with van der Waals surface area (Å²) in [6.07, 6.45) is 50.1. The van der Waals surface area contributed by atoms with Gasteiger partial charge in [0, 0.05) is 25.7 Å². The molecular weight excluding hydrogens is 1250 g/mol. The highest BCUT2D eigenvalue weighted by Gasteiger charge is 2.30. The fraction of sp³-hybridized carbons (Fsp3) is 0.947. The third kappa shape index (κ3) is 66.4. The van der Waals surface area contributed by atoms with Crippen molar-refractivity contribution in [3.63, 3.8) is 0 Å². The normalized spacial score (nSPS) is 15.0. The van der Waals surface area contributed by atoms with Gasteiger partial charge in [-0.2, -0.15) is 0 Å². The van der Waals surface area contributed by atoms with E-state index in [1.165, 1.54) is 173 Å². The highest BCUT2D eigenvalue weighted by Crippen LogP contribution is 2.45. The number of ether oxygens (including phenoxy) is 4. The molecular formula is C76H148O17P2. The fourth-order valence-corrected chi connectivity index (χ4v) is 13.0. The number of phosphoric acid groups is 2. The first-order valence-electron chi connectivity index (χ1n) is 39.3. The Morgan fingerprint density at radius 1 is 0.295 bits per heavy atom. The fourth-order valence-electron chi connectivity index (χ4n) is 11.5. The molecule has 0 aliphatic rings. The van der Waals surface area contributed by atoms with Crippen LogP contribution in [0, 0.1) is 23.7 Å². The first-order valence-corrected chi connectivity index (χ1v) is 42.3. The van der Waals surface area contributed by atoms with Crippen molar-refractivity contribution < 1.29 is 80.2 Å². The lowest BCUT2D eigenvalue weighted by Gasteiger charge is -2.21. The van der Waals surface area contributed by atoms with Crippen LogP contribution in [-0.2, 0) is 65.4 Å². The molecule has 0 bridgehead atoms. The SMILES string of the molecule is CCC(C)CCCCCCCCCCCCCCCCCCCCC(=O)O[C@H](COC(=O)CCCCCCCCC(C)CC)COP(=O)(O)OC[C@@H](O)COP(=O)(O)OC[C@@H](COC(=O)CCCCCCCCC(C)CC)OC(=O)CCCCCCCCCCCCC(C)C. The van der Waals surface area contributed by atoms with Crippen LogP contribution in [0.4, 0.5) is 0 Å². The van der Waals surface area contributed by atoms with Gasteiger partial charge in [0.25, 0.3) is 0 Å². The van der Waals surface area contributed by atoms with Crippen LogP contribution in [0.25, 0.3) is 0 Å². The molecule has 0 rings (SSSR count). The molecule has 0 spiro atoms. The Hall–Kier alpha value is -1.94. The van der Waals surface area contributed by atoms with Crippen LogP contribution < -0.4 is 0 Å².